The molecule has 1 aliphatic heterocycles. The van der Waals surface area contributed by atoms with Crippen LogP contribution < -0.4 is 5.32 Å². The Bertz CT molecular complexity index is 358. The average Bonchev–Trinajstić information content (AvgIpc) is 2.41. The van der Waals surface area contributed by atoms with Crippen LogP contribution in [-0.4, -0.2) is 25.2 Å². The lowest BCUT2D eigenvalue weighted by Gasteiger charge is -2.21. The Morgan fingerprint density at radius 3 is 2.83 bits per heavy atom. The Labute approximate surface area is 109 Å². The zero-order valence-electron chi connectivity index (χ0n) is 10.7. The topological polar surface area (TPSA) is 38.3 Å². The van der Waals surface area contributed by atoms with Crippen molar-refractivity contribution in [2.75, 3.05) is 13.2 Å². The standard InChI is InChI=1S/C15H21NO2/c17-15(12-14-8-4-5-11-18-14)16-10-9-13-6-2-1-3-7-13/h1-3,6-7,14H,4-5,8-12H2,(H,16,17). The summed E-state index contributed by atoms with van der Waals surface area (Å²) >= 11 is 0. The van der Waals surface area contributed by atoms with Crippen LogP contribution in [0.15, 0.2) is 30.3 Å². The van der Waals surface area contributed by atoms with Gasteiger partial charge in [-0.1, -0.05) is 30.3 Å². The van der Waals surface area contributed by atoms with Gasteiger partial charge in [-0.3, -0.25) is 4.79 Å². The van der Waals surface area contributed by atoms with E-state index in [9.17, 15) is 4.79 Å². The van der Waals surface area contributed by atoms with Gasteiger partial charge in [-0.15, -0.1) is 0 Å². The van der Waals surface area contributed by atoms with Crippen molar-refractivity contribution < 1.29 is 9.53 Å². The van der Waals surface area contributed by atoms with Crippen LogP contribution in [0.25, 0.3) is 0 Å². The Morgan fingerprint density at radius 2 is 2.11 bits per heavy atom. The highest BCUT2D eigenvalue weighted by molar-refractivity contribution is 5.76. The first-order valence-electron chi connectivity index (χ1n) is 6.77. The van der Waals surface area contributed by atoms with E-state index in [0.717, 1.165) is 25.9 Å². The van der Waals surface area contributed by atoms with Crippen LogP contribution in [0.4, 0.5) is 0 Å². The first kappa shape index (κ1) is 13.1. The van der Waals surface area contributed by atoms with Crippen molar-refractivity contribution >= 4 is 5.91 Å². The highest BCUT2D eigenvalue weighted by Crippen LogP contribution is 2.15. The van der Waals surface area contributed by atoms with Gasteiger partial charge in [-0.2, -0.15) is 0 Å². The van der Waals surface area contributed by atoms with Gasteiger partial charge in [0.05, 0.1) is 12.5 Å². The molecule has 1 saturated heterocycles. The maximum atomic E-state index is 11.7. The van der Waals surface area contributed by atoms with Gasteiger partial charge < -0.3 is 10.1 Å². The third kappa shape index (κ3) is 4.49. The van der Waals surface area contributed by atoms with Gasteiger partial charge >= 0.3 is 0 Å². The Morgan fingerprint density at radius 1 is 1.28 bits per heavy atom. The van der Waals surface area contributed by atoms with Crippen LogP contribution in [0.5, 0.6) is 0 Å². The summed E-state index contributed by atoms with van der Waals surface area (Å²) < 4.78 is 5.55. The van der Waals surface area contributed by atoms with Gasteiger partial charge in [0, 0.05) is 13.2 Å². The quantitative estimate of drug-likeness (QED) is 0.867. The largest absolute Gasteiger partial charge is 0.378 e. The molecular formula is C15H21NO2. The summed E-state index contributed by atoms with van der Waals surface area (Å²) in [5.41, 5.74) is 1.26. The zero-order chi connectivity index (χ0) is 12.6. The lowest BCUT2D eigenvalue weighted by molar-refractivity contribution is -0.124. The van der Waals surface area contributed by atoms with E-state index in [1.165, 1.54) is 12.0 Å². The molecule has 3 heteroatoms. The van der Waals surface area contributed by atoms with Crippen molar-refractivity contribution in [3.63, 3.8) is 0 Å². The number of hydrogen-bond acceptors (Lipinski definition) is 2. The Balaban J connectivity index is 1.62. The number of carbonyl (C=O) groups is 1. The minimum atomic E-state index is 0.109. The van der Waals surface area contributed by atoms with Crippen molar-refractivity contribution in [1.82, 2.24) is 5.32 Å². The molecule has 0 spiro atoms. The lowest BCUT2D eigenvalue weighted by Crippen LogP contribution is -2.31. The van der Waals surface area contributed by atoms with Gasteiger partial charge in [-0.25, -0.2) is 0 Å². The summed E-state index contributed by atoms with van der Waals surface area (Å²) in [6.07, 6.45) is 4.86. The van der Waals surface area contributed by atoms with E-state index in [1.807, 2.05) is 18.2 Å². The summed E-state index contributed by atoms with van der Waals surface area (Å²) in [5, 5.41) is 2.96. The molecule has 3 nitrogen and oxygen atoms in total. The molecule has 1 amide bonds. The number of nitrogens with one attached hydrogen (secondary N) is 1. The van der Waals surface area contributed by atoms with Crippen molar-refractivity contribution in [3.05, 3.63) is 35.9 Å². The fourth-order valence-corrected chi connectivity index (χ4v) is 2.24. The summed E-state index contributed by atoms with van der Waals surface area (Å²) in [6.45, 7) is 1.51. The van der Waals surface area contributed by atoms with Crippen LogP contribution in [0, 0.1) is 0 Å². The summed E-state index contributed by atoms with van der Waals surface area (Å²) in [5.74, 6) is 0.109. The van der Waals surface area contributed by atoms with E-state index in [-0.39, 0.29) is 12.0 Å². The van der Waals surface area contributed by atoms with Crippen molar-refractivity contribution in [1.29, 1.82) is 0 Å². The molecule has 1 atom stereocenters. The summed E-state index contributed by atoms with van der Waals surface area (Å²) in [7, 11) is 0. The molecule has 1 unspecified atom stereocenters. The SMILES string of the molecule is O=C(CC1CCCCO1)NCCc1ccccc1. The van der Waals surface area contributed by atoms with E-state index in [4.69, 9.17) is 4.74 Å². The highest BCUT2D eigenvalue weighted by atomic mass is 16.5. The number of ether oxygens (including phenoxy) is 1. The van der Waals surface area contributed by atoms with E-state index < -0.39 is 0 Å². The van der Waals surface area contributed by atoms with Crippen molar-refractivity contribution in [3.8, 4) is 0 Å². The molecule has 18 heavy (non-hydrogen) atoms. The molecule has 1 N–H and O–H groups in total. The third-order valence-corrected chi connectivity index (χ3v) is 3.27. The summed E-state index contributed by atoms with van der Waals surface area (Å²) in [4.78, 5) is 11.7. The van der Waals surface area contributed by atoms with Gasteiger partial charge in [-0.05, 0) is 31.2 Å². The smallest absolute Gasteiger partial charge is 0.222 e. The van der Waals surface area contributed by atoms with Gasteiger partial charge in [0.25, 0.3) is 0 Å². The molecule has 98 valence electrons. The average molecular weight is 247 g/mol. The van der Waals surface area contributed by atoms with E-state index >= 15 is 0 Å². The monoisotopic (exact) mass is 247 g/mol. The molecular weight excluding hydrogens is 226 g/mol. The molecule has 0 aromatic heterocycles. The number of rotatable bonds is 5. The first-order valence-corrected chi connectivity index (χ1v) is 6.77. The van der Waals surface area contributed by atoms with Crippen LogP contribution in [-0.2, 0) is 16.0 Å². The van der Waals surface area contributed by atoms with E-state index in [1.54, 1.807) is 0 Å². The maximum absolute atomic E-state index is 11.7. The number of carbonyl (C=O) groups excluding carboxylic acids is 1. The Kier molecular flexibility index (Phi) is 5.21. The van der Waals surface area contributed by atoms with Crippen molar-refractivity contribution in [2.45, 2.75) is 38.2 Å². The molecule has 1 aromatic rings. The maximum Gasteiger partial charge on any atom is 0.222 e. The second-order valence-electron chi connectivity index (χ2n) is 4.78. The van der Waals surface area contributed by atoms with Crippen LogP contribution in [0.3, 0.4) is 0 Å². The normalized spacial score (nSPS) is 19.4. The van der Waals surface area contributed by atoms with Crippen LogP contribution in [0.1, 0.15) is 31.2 Å². The number of benzene rings is 1. The van der Waals surface area contributed by atoms with Gasteiger partial charge in [0.15, 0.2) is 0 Å². The molecule has 1 fully saturated rings. The predicted octanol–water partition coefficient (Wildman–Crippen LogP) is 2.30. The zero-order valence-corrected chi connectivity index (χ0v) is 10.7. The third-order valence-electron chi connectivity index (χ3n) is 3.27. The molecule has 1 heterocycles. The second-order valence-corrected chi connectivity index (χ2v) is 4.78. The summed E-state index contributed by atoms with van der Waals surface area (Å²) in [6, 6.07) is 10.2. The van der Waals surface area contributed by atoms with Crippen LogP contribution >= 0.6 is 0 Å². The first-order chi connectivity index (χ1) is 8.84. The minimum absolute atomic E-state index is 0.109. The Hall–Kier alpha value is -1.35. The number of hydrogen-bond donors (Lipinski definition) is 1. The van der Waals surface area contributed by atoms with Gasteiger partial charge in [0.1, 0.15) is 0 Å². The second kappa shape index (κ2) is 7.17. The molecule has 0 saturated carbocycles. The van der Waals surface area contributed by atoms with Crippen LogP contribution in [0.2, 0.25) is 0 Å². The lowest BCUT2D eigenvalue weighted by atomic mass is 10.1. The molecule has 2 rings (SSSR count). The fourth-order valence-electron chi connectivity index (χ4n) is 2.24. The van der Waals surface area contributed by atoms with E-state index in [0.29, 0.717) is 13.0 Å². The van der Waals surface area contributed by atoms with Crippen molar-refractivity contribution in [2.24, 2.45) is 0 Å². The molecule has 1 aliphatic rings. The van der Waals surface area contributed by atoms with E-state index in [2.05, 4.69) is 17.4 Å². The molecule has 0 bridgehead atoms. The predicted molar refractivity (Wildman–Crippen MR) is 71.4 cm³/mol. The van der Waals surface area contributed by atoms with Gasteiger partial charge in [0.2, 0.25) is 5.91 Å². The molecule has 0 radical (unpaired) electrons. The number of amides is 1. The fraction of sp³-hybridized carbons (Fsp3) is 0.533. The molecule has 1 aromatic carbocycles. The highest BCUT2D eigenvalue weighted by Gasteiger charge is 2.17. The minimum Gasteiger partial charge on any atom is -0.378 e. The molecule has 0 aliphatic carbocycles.